The third-order valence-corrected chi connectivity index (χ3v) is 10.2. The summed E-state index contributed by atoms with van der Waals surface area (Å²) in [5, 5.41) is 20.0. The van der Waals surface area contributed by atoms with Gasteiger partial charge in [0.05, 0.1) is 35.1 Å². The van der Waals surface area contributed by atoms with Crippen LogP contribution in [0.2, 0.25) is 10.0 Å². The van der Waals surface area contributed by atoms with E-state index in [0.717, 1.165) is 44.1 Å². The average Bonchev–Trinajstić information content (AvgIpc) is 4.07. The topological polar surface area (TPSA) is 170 Å². The Morgan fingerprint density at radius 1 is 0.672 bits per heavy atom. The molecule has 16 heteroatoms. The number of aliphatic carboxylic acids is 1. The number of carboxylic acids is 1. The number of esters is 1. The molecule has 4 heterocycles. The zero-order chi connectivity index (χ0) is 45.7. The molecule has 0 unspecified atom stereocenters. The molecule has 64 heavy (non-hydrogen) atoms. The molecule has 0 aliphatic rings. The molecule has 0 atom stereocenters. The minimum Gasteiger partial charge on any atom is -0.489 e. The van der Waals surface area contributed by atoms with Crippen molar-refractivity contribution >= 4 is 56.9 Å². The maximum absolute atomic E-state index is 12.1. The second-order valence-corrected chi connectivity index (χ2v) is 17.3. The first-order chi connectivity index (χ1) is 30.5. The molecule has 0 amide bonds. The van der Waals surface area contributed by atoms with Crippen LogP contribution in [-0.2, 0) is 27.4 Å². The number of hydrogen-bond donors (Lipinski definition) is 1. The lowest BCUT2D eigenvalue weighted by Gasteiger charge is -2.19. The van der Waals surface area contributed by atoms with Gasteiger partial charge >= 0.3 is 11.9 Å². The predicted octanol–water partition coefficient (Wildman–Crippen LogP) is 11.8. The van der Waals surface area contributed by atoms with Crippen LogP contribution < -0.4 is 9.47 Å². The number of ether oxygens (including phenoxy) is 3. The van der Waals surface area contributed by atoms with Gasteiger partial charge in [-0.2, -0.15) is 9.97 Å². The monoisotopic (exact) mass is 906 g/mol. The number of carbonyl (C=O) groups is 2. The Morgan fingerprint density at radius 2 is 1.12 bits per heavy atom. The van der Waals surface area contributed by atoms with Gasteiger partial charge in [0.1, 0.15) is 17.1 Å². The van der Waals surface area contributed by atoms with Crippen molar-refractivity contribution in [2.45, 2.75) is 92.2 Å². The van der Waals surface area contributed by atoms with Crippen LogP contribution in [0.3, 0.4) is 0 Å². The number of aromatic nitrogens is 6. The van der Waals surface area contributed by atoms with Crippen molar-refractivity contribution < 1.29 is 38.0 Å². The maximum atomic E-state index is 12.1. The SMILES string of the molecule is CC(C)Oc1ccc(-c2noc(-c3cccc4c3ccn4CCC(=O)O)n2)cc1Cl.CC(C)Oc1ccc(-c2noc(-c3cccc4c3ccn4CCC(=O)OC(C)(C)C)n2)cc1Cl. The fraction of sp³-hybridized carbons (Fsp3) is 0.292. The van der Waals surface area contributed by atoms with E-state index in [1.165, 1.54) is 0 Å². The summed E-state index contributed by atoms with van der Waals surface area (Å²) in [4.78, 5) is 32.1. The highest BCUT2D eigenvalue weighted by Gasteiger charge is 2.20. The van der Waals surface area contributed by atoms with E-state index in [1.54, 1.807) is 24.3 Å². The molecule has 0 radical (unpaired) electrons. The van der Waals surface area contributed by atoms with Crippen LogP contribution in [0.1, 0.15) is 61.3 Å². The van der Waals surface area contributed by atoms with Gasteiger partial charge in [0, 0.05) is 69.5 Å². The lowest BCUT2D eigenvalue weighted by Crippen LogP contribution is -2.24. The summed E-state index contributed by atoms with van der Waals surface area (Å²) in [7, 11) is 0. The summed E-state index contributed by atoms with van der Waals surface area (Å²) < 4.78 is 31.8. The molecule has 1 N–H and O–H groups in total. The highest BCUT2D eigenvalue weighted by atomic mass is 35.5. The number of hydrogen-bond acceptors (Lipinski definition) is 11. The molecular formula is C48H48Cl2N6O8. The molecule has 0 aliphatic carbocycles. The number of carboxylic acid groups (broad SMARTS) is 1. The standard InChI is InChI=1S/C26H28ClN3O4.C22H20ClN3O4/c1-16(2)32-22-10-9-17(15-20(22)27)24-28-25(34-29-24)19-7-6-8-21-18(19)11-13-30(21)14-12-23(31)33-26(3,4)5;1-13(2)29-19-7-6-14(12-17(19)23)21-24-22(30-25-21)16-4-3-5-18-15(16)8-10-26(18)11-9-20(27)28/h6-11,13,15-16H,12,14H2,1-5H3;3-8,10,12-13H,9,11H2,1-2H3,(H,27,28). The fourth-order valence-corrected chi connectivity index (χ4v) is 7.36. The summed E-state index contributed by atoms with van der Waals surface area (Å²) in [6, 6.07) is 26.3. The van der Waals surface area contributed by atoms with E-state index in [1.807, 2.05) is 131 Å². The number of benzene rings is 4. The lowest BCUT2D eigenvalue weighted by atomic mass is 10.1. The number of carbonyl (C=O) groups excluding carboxylic acids is 1. The molecular weight excluding hydrogens is 859 g/mol. The van der Waals surface area contributed by atoms with Crippen LogP contribution in [0.15, 0.2) is 106 Å². The molecule has 4 aromatic heterocycles. The number of halogens is 2. The Balaban J connectivity index is 0.000000193. The van der Waals surface area contributed by atoms with Crippen molar-refractivity contribution in [1.82, 2.24) is 29.4 Å². The maximum Gasteiger partial charge on any atom is 0.308 e. The second-order valence-electron chi connectivity index (χ2n) is 16.4. The highest BCUT2D eigenvalue weighted by molar-refractivity contribution is 6.32. The molecule has 332 valence electrons. The van der Waals surface area contributed by atoms with E-state index < -0.39 is 11.6 Å². The van der Waals surface area contributed by atoms with E-state index >= 15 is 0 Å². The van der Waals surface area contributed by atoms with Gasteiger partial charge in [0.15, 0.2) is 0 Å². The molecule has 8 aromatic rings. The van der Waals surface area contributed by atoms with Crippen molar-refractivity contribution in [2.75, 3.05) is 0 Å². The van der Waals surface area contributed by atoms with Gasteiger partial charge in [-0.15, -0.1) is 0 Å². The van der Waals surface area contributed by atoms with E-state index in [9.17, 15) is 9.59 Å². The zero-order valence-corrected chi connectivity index (χ0v) is 38.0. The molecule has 0 saturated carbocycles. The molecule has 8 rings (SSSR count). The van der Waals surface area contributed by atoms with Gasteiger partial charge in [0.25, 0.3) is 11.8 Å². The summed E-state index contributed by atoms with van der Waals surface area (Å²) in [6.45, 7) is 14.3. The first-order valence-electron chi connectivity index (χ1n) is 20.7. The Kier molecular flexibility index (Phi) is 13.8. The van der Waals surface area contributed by atoms with Crippen molar-refractivity contribution in [3.8, 4) is 57.2 Å². The van der Waals surface area contributed by atoms with Gasteiger partial charge in [0.2, 0.25) is 11.6 Å². The summed E-state index contributed by atoms with van der Waals surface area (Å²) >= 11 is 12.7. The van der Waals surface area contributed by atoms with Crippen molar-refractivity contribution in [3.05, 3.63) is 107 Å². The van der Waals surface area contributed by atoms with Gasteiger partial charge in [-0.25, -0.2) is 0 Å². The molecule has 0 fully saturated rings. The van der Waals surface area contributed by atoms with Crippen LogP contribution in [0.5, 0.6) is 11.5 Å². The van der Waals surface area contributed by atoms with Crippen LogP contribution in [0, 0.1) is 0 Å². The number of nitrogens with zero attached hydrogens (tertiary/aromatic N) is 6. The average molecular weight is 908 g/mol. The minimum absolute atomic E-state index is 0.0217. The van der Waals surface area contributed by atoms with Crippen molar-refractivity contribution in [3.63, 3.8) is 0 Å². The third kappa shape index (κ3) is 10.9. The van der Waals surface area contributed by atoms with E-state index in [0.29, 0.717) is 58.1 Å². The first kappa shape index (κ1) is 45.4. The van der Waals surface area contributed by atoms with Gasteiger partial charge in [-0.05, 0) is 121 Å². The van der Waals surface area contributed by atoms with Gasteiger partial charge in [-0.1, -0.05) is 45.6 Å². The van der Waals surface area contributed by atoms with Crippen LogP contribution in [0.4, 0.5) is 0 Å². The normalized spacial score (nSPS) is 11.6. The van der Waals surface area contributed by atoms with Crippen LogP contribution in [-0.4, -0.2) is 64.3 Å². The Morgan fingerprint density at radius 3 is 1.53 bits per heavy atom. The Hall–Kier alpha value is -6.64. The van der Waals surface area contributed by atoms with Crippen molar-refractivity contribution in [1.29, 1.82) is 0 Å². The van der Waals surface area contributed by atoms with Crippen LogP contribution in [0.25, 0.3) is 67.5 Å². The van der Waals surface area contributed by atoms with Crippen molar-refractivity contribution in [2.24, 2.45) is 0 Å². The first-order valence-corrected chi connectivity index (χ1v) is 21.5. The fourth-order valence-electron chi connectivity index (χ4n) is 6.91. The summed E-state index contributed by atoms with van der Waals surface area (Å²) in [5.41, 5.74) is 4.44. The summed E-state index contributed by atoms with van der Waals surface area (Å²) in [6.07, 6.45) is 4.19. The van der Waals surface area contributed by atoms with E-state index in [-0.39, 0.29) is 31.0 Å². The molecule has 0 saturated heterocycles. The quantitative estimate of drug-likeness (QED) is 0.103. The molecule has 0 bridgehead atoms. The molecule has 4 aromatic carbocycles. The number of fused-ring (bicyclic) bond motifs is 2. The van der Waals surface area contributed by atoms with E-state index in [4.69, 9.17) is 51.6 Å². The lowest BCUT2D eigenvalue weighted by molar-refractivity contribution is -0.155. The predicted molar refractivity (Wildman–Crippen MR) is 246 cm³/mol. The smallest absolute Gasteiger partial charge is 0.308 e. The third-order valence-electron chi connectivity index (χ3n) is 9.59. The second kappa shape index (κ2) is 19.4. The Labute approximate surface area is 379 Å². The molecule has 14 nitrogen and oxygen atoms in total. The van der Waals surface area contributed by atoms with E-state index in [2.05, 4.69) is 20.3 Å². The number of aryl methyl sites for hydroxylation is 2. The zero-order valence-electron chi connectivity index (χ0n) is 36.5. The number of rotatable bonds is 14. The largest absolute Gasteiger partial charge is 0.489 e. The molecule has 0 spiro atoms. The van der Waals surface area contributed by atoms with Crippen LogP contribution >= 0.6 is 23.2 Å². The molecule has 0 aliphatic heterocycles. The summed E-state index contributed by atoms with van der Waals surface area (Å²) in [5.74, 6) is 1.80. The Bertz CT molecular complexity index is 2920. The van der Waals surface area contributed by atoms with Gasteiger partial charge in [-0.3, -0.25) is 9.59 Å². The highest BCUT2D eigenvalue weighted by Crippen LogP contribution is 2.35. The minimum atomic E-state index is -0.835. The van der Waals surface area contributed by atoms with Gasteiger partial charge < -0.3 is 37.5 Å².